The minimum atomic E-state index is -4.33. The van der Waals surface area contributed by atoms with Crippen LogP contribution in [0.3, 0.4) is 0 Å². The summed E-state index contributed by atoms with van der Waals surface area (Å²) in [6.07, 6.45) is 0.565. The smallest absolute Gasteiger partial charge is 1.00 e. The van der Waals surface area contributed by atoms with E-state index >= 15 is 0 Å². The van der Waals surface area contributed by atoms with Crippen LogP contribution in [-0.4, -0.2) is 32.3 Å². The summed E-state index contributed by atoms with van der Waals surface area (Å²) in [6, 6.07) is 10.3. The average molecular weight is 511 g/mol. The van der Waals surface area contributed by atoms with Gasteiger partial charge in [-0.15, -0.1) is 10.2 Å². The molecular weight excluding hydrogens is 479 g/mol. The quantitative estimate of drug-likeness (QED) is 0.277. The summed E-state index contributed by atoms with van der Waals surface area (Å²) in [5.74, 6) is 1.44. The van der Waals surface area contributed by atoms with Crippen molar-refractivity contribution < 1.29 is 85.0 Å². The van der Waals surface area contributed by atoms with Crippen molar-refractivity contribution >= 4 is 0 Å². The van der Waals surface area contributed by atoms with Crippen molar-refractivity contribution in [2.45, 2.75) is 64.0 Å². The normalized spacial score (nSPS) is 11.5. The SMILES string of the molecule is CC(C)(CCCCCOc1ccc(CCc2ccc(C(F)(F)F)cc2)c(O)c1)c1nn[nH]n1.[H-].[H-].[Na+].[Na+]. The maximum Gasteiger partial charge on any atom is 1.00 e. The molecular formula is C24H31F3N4Na2O2. The van der Waals surface area contributed by atoms with E-state index in [0.717, 1.165) is 48.9 Å². The number of ether oxygens (including phenoxy) is 1. The number of hydrogen-bond acceptors (Lipinski definition) is 5. The van der Waals surface area contributed by atoms with E-state index in [1.165, 1.54) is 12.1 Å². The van der Waals surface area contributed by atoms with E-state index in [1.54, 1.807) is 18.2 Å². The van der Waals surface area contributed by atoms with E-state index in [4.69, 9.17) is 4.74 Å². The van der Waals surface area contributed by atoms with Gasteiger partial charge in [0.2, 0.25) is 0 Å². The van der Waals surface area contributed by atoms with Crippen molar-refractivity contribution in [1.82, 2.24) is 20.6 Å². The Morgan fingerprint density at radius 1 is 0.971 bits per heavy atom. The van der Waals surface area contributed by atoms with E-state index in [-0.39, 0.29) is 73.1 Å². The van der Waals surface area contributed by atoms with Crippen LogP contribution in [0.1, 0.15) is 64.9 Å². The van der Waals surface area contributed by atoms with E-state index in [9.17, 15) is 18.3 Å². The Kier molecular flexibility index (Phi) is 13.3. The van der Waals surface area contributed by atoms with Crippen LogP contribution in [0.4, 0.5) is 13.2 Å². The summed E-state index contributed by atoms with van der Waals surface area (Å²) in [5.41, 5.74) is 0.720. The van der Waals surface area contributed by atoms with Crippen molar-refractivity contribution in [3.63, 3.8) is 0 Å². The van der Waals surface area contributed by atoms with Crippen molar-refractivity contribution in [2.24, 2.45) is 0 Å². The first-order valence-corrected chi connectivity index (χ1v) is 11.0. The number of nitrogens with one attached hydrogen (secondary N) is 1. The molecule has 35 heavy (non-hydrogen) atoms. The van der Waals surface area contributed by atoms with E-state index in [1.807, 2.05) is 0 Å². The molecule has 0 saturated heterocycles. The third-order valence-electron chi connectivity index (χ3n) is 5.69. The van der Waals surface area contributed by atoms with Crippen molar-refractivity contribution in [2.75, 3.05) is 6.61 Å². The number of hydrogen-bond donors (Lipinski definition) is 2. The molecule has 11 heteroatoms. The Balaban J connectivity index is 0. The maximum absolute atomic E-state index is 12.7. The number of rotatable bonds is 11. The Morgan fingerprint density at radius 3 is 2.29 bits per heavy atom. The molecule has 6 nitrogen and oxygen atoms in total. The van der Waals surface area contributed by atoms with Crippen LogP contribution in [0.2, 0.25) is 0 Å². The first-order chi connectivity index (χ1) is 15.6. The molecule has 0 spiro atoms. The third kappa shape index (κ3) is 10.1. The fraction of sp³-hybridized carbons (Fsp3) is 0.458. The Bertz CT molecular complexity index is 1030. The van der Waals surface area contributed by atoms with Gasteiger partial charge in [-0.3, -0.25) is 0 Å². The molecule has 3 aromatic rings. The van der Waals surface area contributed by atoms with Gasteiger partial charge in [0.25, 0.3) is 0 Å². The van der Waals surface area contributed by atoms with Gasteiger partial charge in [0.05, 0.1) is 12.2 Å². The second kappa shape index (κ2) is 14.6. The molecule has 0 aliphatic heterocycles. The largest absolute Gasteiger partial charge is 1.00 e. The van der Waals surface area contributed by atoms with Crippen LogP contribution in [0, 0.1) is 0 Å². The second-order valence-corrected chi connectivity index (χ2v) is 8.76. The predicted molar refractivity (Wildman–Crippen MR) is 120 cm³/mol. The molecule has 0 bridgehead atoms. The molecule has 1 aromatic heterocycles. The van der Waals surface area contributed by atoms with Gasteiger partial charge in [-0.1, -0.05) is 50.1 Å². The number of aromatic hydroxyl groups is 1. The number of halogens is 3. The summed E-state index contributed by atoms with van der Waals surface area (Å²) in [4.78, 5) is 0. The Hall–Kier alpha value is -1.10. The molecule has 2 N–H and O–H groups in total. The summed E-state index contributed by atoms with van der Waals surface area (Å²) in [6.45, 7) is 4.74. The van der Waals surface area contributed by atoms with Crippen LogP contribution in [-0.2, 0) is 24.4 Å². The predicted octanol–water partition coefficient (Wildman–Crippen LogP) is -0.141. The number of aromatic amines is 1. The third-order valence-corrected chi connectivity index (χ3v) is 5.69. The molecule has 0 aliphatic carbocycles. The zero-order valence-corrected chi connectivity index (χ0v) is 24.8. The molecule has 2 aromatic carbocycles. The van der Waals surface area contributed by atoms with E-state index < -0.39 is 11.7 Å². The Labute approximate surface area is 251 Å². The topological polar surface area (TPSA) is 83.9 Å². The zero-order valence-electron chi connectivity index (χ0n) is 22.8. The van der Waals surface area contributed by atoms with Gasteiger partial charge < -0.3 is 12.7 Å². The monoisotopic (exact) mass is 510 g/mol. The summed E-state index contributed by atoms with van der Waals surface area (Å²) >= 11 is 0. The molecule has 0 atom stereocenters. The number of aryl methyl sites for hydroxylation is 2. The van der Waals surface area contributed by atoms with Gasteiger partial charge >= 0.3 is 65.3 Å². The fourth-order valence-corrected chi connectivity index (χ4v) is 3.58. The van der Waals surface area contributed by atoms with Crippen molar-refractivity contribution in [1.29, 1.82) is 0 Å². The number of phenols is 1. The number of aromatic nitrogens is 4. The number of H-pyrrole nitrogens is 1. The van der Waals surface area contributed by atoms with Crippen LogP contribution in [0.5, 0.6) is 11.5 Å². The van der Waals surface area contributed by atoms with Gasteiger partial charge in [0.1, 0.15) is 11.5 Å². The molecule has 1 heterocycles. The second-order valence-electron chi connectivity index (χ2n) is 8.76. The zero-order chi connectivity index (χ0) is 23.9. The van der Waals surface area contributed by atoms with E-state index in [0.29, 0.717) is 31.0 Å². The fourth-order valence-electron chi connectivity index (χ4n) is 3.58. The summed E-state index contributed by atoms with van der Waals surface area (Å²) < 4.78 is 43.7. The molecule has 0 unspecified atom stereocenters. The number of tetrazole rings is 1. The number of alkyl halides is 3. The van der Waals surface area contributed by atoms with Crippen LogP contribution >= 0.6 is 0 Å². The van der Waals surface area contributed by atoms with Gasteiger partial charge in [0, 0.05) is 11.5 Å². The Morgan fingerprint density at radius 2 is 1.69 bits per heavy atom. The maximum atomic E-state index is 12.7. The molecule has 0 fully saturated rings. The number of nitrogens with zero attached hydrogens (tertiary/aromatic N) is 3. The minimum absolute atomic E-state index is 0. The molecule has 3 rings (SSSR count). The molecule has 0 radical (unpaired) electrons. The van der Waals surface area contributed by atoms with Crippen LogP contribution in [0.25, 0.3) is 0 Å². The van der Waals surface area contributed by atoms with Crippen LogP contribution in [0.15, 0.2) is 42.5 Å². The molecule has 0 aliphatic rings. The number of unbranched alkanes of at least 4 members (excludes halogenated alkanes) is 2. The van der Waals surface area contributed by atoms with Gasteiger partial charge in [0.15, 0.2) is 5.82 Å². The number of phenolic OH excluding ortho intramolecular Hbond substituents is 1. The number of benzene rings is 2. The summed E-state index contributed by atoms with van der Waals surface area (Å²) in [5, 5.41) is 24.5. The average Bonchev–Trinajstić information content (AvgIpc) is 3.31. The van der Waals surface area contributed by atoms with Gasteiger partial charge in [-0.05, 0) is 55.0 Å². The minimum Gasteiger partial charge on any atom is -1.00 e. The molecule has 0 saturated carbocycles. The molecule has 182 valence electrons. The standard InChI is InChI=1S/C24H29F3N4O2.2Na.2H/c1-23(2,22-28-30-31-29-22)14-4-3-5-15-33-20-13-10-18(21(32)16-20)9-6-17-7-11-19(12-8-17)24(25,26)27;;;;/h7-8,10-13,16,32H,3-6,9,14-15H2,1-2H3,(H,28,29,30,31);;;;/q;2*+1;2*-1. The van der Waals surface area contributed by atoms with Crippen molar-refractivity contribution in [3.8, 4) is 11.5 Å². The van der Waals surface area contributed by atoms with Crippen molar-refractivity contribution in [3.05, 3.63) is 65.0 Å². The van der Waals surface area contributed by atoms with Gasteiger partial charge in [-0.2, -0.15) is 18.4 Å². The first-order valence-electron chi connectivity index (χ1n) is 11.0. The summed E-state index contributed by atoms with van der Waals surface area (Å²) in [7, 11) is 0. The molecule has 0 amide bonds. The van der Waals surface area contributed by atoms with Crippen LogP contribution < -0.4 is 63.9 Å². The van der Waals surface area contributed by atoms with E-state index in [2.05, 4.69) is 34.5 Å². The van der Waals surface area contributed by atoms with Gasteiger partial charge in [-0.25, -0.2) is 0 Å². The first kappa shape index (κ1) is 31.9.